The number of aromatic amines is 1. The van der Waals surface area contributed by atoms with Gasteiger partial charge in [-0.15, -0.1) is 0 Å². The number of para-hydroxylation sites is 1. The fourth-order valence-electron chi connectivity index (χ4n) is 3.70. The molecule has 1 aromatic carbocycles. The summed E-state index contributed by atoms with van der Waals surface area (Å²) in [7, 11) is 0. The van der Waals surface area contributed by atoms with Gasteiger partial charge in [0.15, 0.2) is 0 Å². The SMILES string of the molecule is CSCCC(NC(=O)C(N)Cc1c[nH]c2ccccc12)C(=O)NC(CS)C(=O)NC(CCC(N)=O)C(=O)O. The first-order valence-corrected chi connectivity index (χ1v) is 13.9. The molecule has 0 aliphatic carbocycles. The topological polar surface area (TPSA) is 209 Å². The summed E-state index contributed by atoms with van der Waals surface area (Å²) in [5.74, 6) is -3.61. The summed E-state index contributed by atoms with van der Waals surface area (Å²) >= 11 is 5.57. The second-order valence-electron chi connectivity index (χ2n) is 8.66. The minimum Gasteiger partial charge on any atom is -0.480 e. The molecule has 0 saturated heterocycles. The van der Waals surface area contributed by atoms with E-state index in [0.29, 0.717) is 5.75 Å². The van der Waals surface area contributed by atoms with Crippen molar-refractivity contribution in [2.45, 2.75) is 49.9 Å². The molecule has 4 amide bonds. The molecule has 12 nitrogen and oxygen atoms in total. The number of fused-ring (bicyclic) bond motifs is 1. The van der Waals surface area contributed by atoms with Crippen molar-refractivity contribution in [2.24, 2.45) is 11.5 Å². The van der Waals surface area contributed by atoms with Gasteiger partial charge in [0.05, 0.1) is 6.04 Å². The van der Waals surface area contributed by atoms with Crippen molar-refractivity contribution in [3.63, 3.8) is 0 Å². The predicted octanol–water partition coefficient (Wildman–Crippen LogP) is -0.475. The number of H-pyrrole nitrogens is 1. The Hall–Kier alpha value is -3.23. The largest absolute Gasteiger partial charge is 0.480 e. The first kappa shape index (κ1) is 31.0. The molecule has 0 aliphatic heterocycles. The number of aromatic nitrogens is 1. The van der Waals surface area contributed by atoms with Crippen molar-refractivity contribution in [1.82, 2.24) is 20.9 Å². The number of thiol groups is 1. The van der Waals surface area contributed by atoms with E-state index >= 15 is 0 Å². The molecule has 9 N–H and O–H groups in total. The highest BCUT2D eigenvalue weighted by Gasteiger charge is 2.30. The monoisotopic (exact) mass is 566 g/mol. The van der Waals surface area contributed by atoms with Gasteiger partial charge in [0.2, 0.25) is 23.6 Å². The second kappa shape index (κ2) is 15.2. The van der Waals surface area contributed by atoms with Crippen molar-refractivity contribution >= 4 is 64.9 Å². The molecular weight excluding hydrogens is 532 g/mol. The van der Waals surface area contributed by atoms with Gasteiger partial charge in [-0.25, -0.2) is 4.79 Å². The van der Waals surface area contributed by atoms with E-state index in [2.05, 4.69) is 33.6 Å². The van der Waals surface area contributed by atoms with Crippen LogP contribution in [0.2, 0.25) is 0 Å². The number of carbonyl (C=O) groups is 5. The van der Waals surface area contributed by atoms with E-state index in [1.807, 2.05) is 30.5 Å². The fraction of sp³-hybridized carbons (Fsp3) is 0.458. The van der Waals surface area contributed by atoms with Crippen molar-refractivity contribution in [3.05, 3.63) is 36.0 Å². The van der Waals surface area contributed by atoms with Crippen LogP contribution in [0.4, 0.5) is 0 Å². The van der Waals surface area contributed by atoms with Gasteiger partial charge in [-0.2, -0.15) is 24.4 Å². The molecule has 2 aromatic rings. The Labute approximate surface area is 229 Å². The molecule has 2 rings (SSSR count). The number of nitrogens with two attached hydrogens (primary N) is 2. The van der Waals surface area contributed by atoms with E-state index < -0.39 is 53.8 Å². The molecule has 0 aliphatic rings. The number of carbonyl (C=O) groups excluding carboxylic acids is 4. The lowest BCUT2D eigenvalue weighted by Gasteiger charge is -2.24. The summed E-state index contributed by atoms with van der Waals surface area (Å²) in [6, 6.07) is 3.15. The molecule has 208 valence electrons. The van der Waals surface area contributed by atoms with E-state index in [1.54, 1.807) is 6.20 Å². The van der Waals surface area contributed by atoms with Gasteiger partial charge >= 0.3 is 5.97 Å². The van der Waals surface area contributed by atoms with E-state index in [-0.39, 0.29) is 31.4 Å². The molecule has 0 fully saturated rings. The van der Waals surface area contributed by atoms with Crippen molar-refractivity contribution in [2.75, 3.05) is 17.8 Å². The van der Waals surface area contributed by atoms with Gasteiger partial charge in [0, 0.05) is 29.3 Å². The lowest BCUT2D eigenvalue weighted by atomic mass is 10.0. The zero-order chi connectivity index (χ0) is 28.2. The fourth-order valence-corrected chi connectivity index (χ4v) is 4.42. The van der Waals surface area contributed by atoms with Gasteiger partial charge < -0.3 is 37.5 Å². The quantitative estimate of drug-likeness (QED) is 0.124. The van der Waals surface area contributed by atoms with Crippen LogP contribution in [-0.2, 0) is 30.4 Å². The number of nitrogens with one attached hydrogen (secondary N) is 4. The number of hydrogen-bond donors (Lipinski definition) is 8. The Kier molecular flexibility index (Phi) is 12.4. The molecule has 1 heterocycles. The summed E-state index contributed by atoms with van der Waals surface area (Å²) < 4.78 is 0. The van der Waals surface area contributed by atoms with E-state index in [0.717, 1.165) is 16.5 Å². The van der Waals surface area contributed by atoms with Crippen LogP contribution in [0.15, 0.2) is 30.5 Å². The van der Waals surface area contributed by atoms with Crippen LogP contribution in [-0.4, -0.2) is 81.6 Å². The molecule has 0 bridgehead atoms. The van der Waals surface area contributed by atoms with Crippen LogP contribution in [0.3, 0.4) is 0 Å². The Morgan fingerprint density at radius 1 is 1.00 bits per heavy atom. The molecule has 0 radical (unpaired) electrons. The molecule has 1 aromatic heterocycles. The van der Waals surface area contributed by atoms with Crippen LogP contribution in [0, 0.1) is 0 Å². The van der Waals surface area contributed by atoms with E-state index in [9.17, 15) is 29.1 Å². The van der Waals surface area contributed by atoms with Crippen LogP contribution in [0.5, 0.6) is 0 Å². The molecule has 38 heavy (non-hydrogen) atoms. The first-order valence-electron chi connectivity index (χ1n) is 11.9. The number of primary amides is 1. The Morgan fingerprint density at radius 3 is 2.26 bits per heavy atom. The van der Waals surface area contributed by atoms with Crippen molar-refractivity contribution in [1.29, 1.82) is 0 Å². The smallest absolute Gasteiger partial charge is 0.326 e. The summed E-state index contributed by atoms with van der Waals surface area (Å²) in [6.07, 6.45) is 3.72. The average Bonchev–Trinajstić information content (AvgIpc) is 3.29. The zero-order valence-corrected chi connectivity index (χ0v) is 22.6. The van der Waals surface area contributed by atoms with Crippen LogP contribution in [0.1, 0.15) is 24.8 Å². The van der Waals surface area contributed by atoms with Crippen LogP contribution in [0.25, 0.3) is 10.9 Å². The highest BCUT2D eigenvalue weighted by atomic mass is 32.2. The van der Waals surface area contributed by atoms with E-state index in [1.165, 1.54) is 11.8 Å². The summed E-state index contributed by atoms with van der Waals surface area (Å²) in [4.78, 5) is 64.1. The number of aliphatic carboxylic acids is 1. The van der Waals surface area contributed by atoms with Gasteiger partial charge in [-0.1, -0.05) is 18.2 Å². The van der Waals surface area contributed by atoms with E-state index in [4.69, 9.17) is 11.5 Å². The molecule has 14 heteroatoms. The first-order chi connectivity index (χ1) is 18.1. The normalized spacial score (nSPS) is 14.2. The predicted molar refractivity (Wildman–Crippen MR) is 149 cm³/mol. The molecule has 0 spiro atoms. The summed E-state index contributed by atoms with van der Waals surface area (Å²) in [5, 5.41) is 17.7. The van der Waals surface area contributed by atoms with Crippen LogP contribution < -0.4 is 27.4 Å². The lowest BCUT2D eigenvalue weighted by molar-refractivity contribution is -0.142. The highest BCUT2D eigenvalue weighted by molar-refractivity contribution is 7.98. The average molecular weight is 567 g/mol. The van der Waals surface area contributed by atoms with Crippen LogP contribution >= 0.6 is 24.4 Å². The maximum absolute atomic E-state index is 13.0. The summed E-state index contributed by atoms with van der Waals surface area (Å²) in [6.45, 7) is 0. The van der Waals surface area contributed by atoms with Gasteiger partial charge in [0.1, 0.15) is 18.1 Å². The number of carboxylic acid groups (broad SMARTS) is 1. The number of thioether (sulfide) groups is 1. The molecular formula is C24H34N6O6S2. The maximum Gasteiger partial charge on any atom is 0.326 e. The third kappa shape index (κ3) is 9.26. The van der Waals surface area contributed by atoms with Crippen molar-refractivity contribution < 1.29 is 29.1 Å². The number of carboxylic acids is 1. The maximum atomic E-state index is 13.0. The molecule has 0 saturated carbocycles. The zero-order valence-electron chi connectivity index (χ0n) is 20.9. The minimum absolute atomic E-state index is 0.136. The Morgan fingerprint density at radius 2 is 1.63 bits per heavy atom. The Balaban J connectivity index is 2.04. The molecule has 4 unspecified atom stereocenters. The standard InChI is InChI=1S/C24H34N6O6S2/c1-38-9-8-17(28-21(32)15(25)10-13-11-27-16-5-3-2-4-14(13)16)22(33)30-19(12-37)23(34)29-18(24(35)36)6-7-20(26)31/h2-5,11,15,17-19,27,37H,6-10,12,25H2,1H3,(H2,26,31)(H,28,32)(H,29,34)(H,30,33)(H,35,36). The third-order valence-electron chi connectivity index (χ3n) is 5.80. The number of hydrogen-bond acceptors (Lipinski definition) is 8. The van der Waals surface area contributed by atoms with Gasteiger partial charge in [0.25, 0.3) is 0 Å². The summed E-state index contributed by atoms with van der Waals surface area (Å²) in [5.41, 5.74) is 13.0. The molecule has 4 atom stereocenters. The lowest BCUT2D eigenvalue weighted by Crippen LogP contribution is -2.58. The number of benzene rings is 1. The number of rotatable bonds is 16. The Bertz CT molecular complexity index is 1140. The minimum atomic E-state index is -1.37. The van der Waals surface area contributed by atoms with Gasteiger partial charge in [-0.3, -0.25) is 19.2 Å². The third-order valence-corrected chi connectivity index (χ3v) is 6.81. The number of amides is 4. The highest BCUT2D eigenvalue weighted by Crippen LogP contribution is 2.19. The van der Waals surface area contributed by atoms with Crippen molar-refractivity contribution in [3.8, 4) is 0 Å². The van der Waals surface area contributed by atoms with Gasteiger partial charge in [-0.05, 0) is 42.9 Å². The second-order valence-corrected chi connectivity index (χ2v) is 10.0.